The summed E-state index contributed by atoms with van der Waals surface area (Å²) in [4.78, 5) is 0. The molecule has 72 valence electrons. The van der Waals surface area contributed by atoms with E-state index in [1.54, 1.807) is 14.2 Å². The van der Waals surface area contributed by atoms with Gasteiger partial charge in [-0.3, -0.25) is 0 Å². The summed E-state index contributed by atoms with van der Waals surface area (Å²) in [5.41, 5.74) is 0. The lowest BCUT2D eigenvalue weighted by Gasteiger charge is -2.15. The van der Waals surface area contributed by atoms with Gasteiger partial charge in [0.05, 0.1) is 21.3 Å². The molecular weight excluding hydrogens is 160 g/mol. The quantitative estimate of drug-likeness (QED) is 0.588. The minimum Gasteiger partial charge on any atom is -0.492 e. The molecule has 4 heteroatoms. The van der Waals surface area contributed by atoms with Gasteiger partial charge in [0.25, 0.3) is 0 Å². The van der Waals surface area contributed by atoms with Gasteiger partial charge in [0, 0.05) is 7.11 Å². The Bertz CT molecular complexity index is 147. The van der Waals surface area contributed by atoms with E-state index in [4.69, 9.17) is 18.9 Å². The van der Waals surface area contributed by atoms with Crippen LogP contribution in [0.1, 0.15) is 6.92 Å². The Morgan fingerprint density at radius 2 is 1.42 bits per heavy atom. The van der Waals surface area contributed by atoms with Crippen molar-refractivity contribution in [1.82, 2.24) is 0 Å². The van der Waals surface area contributed by atoms with Crippen molar-refractivity contribution < 1.29 is 18.9 Å². The lowest BCUT2D eigenvalue weighted by molar-refractivity contribution is 0.0293. The van der Waals surface area contributed by atoms with Crippen LogP contribution in [0.15, 0.2) is 11.7 Å². The molecule has 0 aromatic rings. The summed E-state index contributed by atoms with van der Waals surface area (Å²) in [6, 6.07) is 0. The highest BCUT2D eigenvalue weighted by Crippen LogP contribution is 2.13. The molecule has 0 spiro atoms. The van der Waals surface area contributed by atoms with Crippen molar-refractivity contribution in [1.29, 1.82) is 0 Å². The van der Waals surface area contributed by atoms with E-state index in [0.29, 0.717) is 11.7 Å². The SMILES string of the molecule is COC(OC)=C(OC)C(C)OC. The fourth-order valence-corrected chi connectivity index (χ4v) is 0.807. The van der Waals surface area contributed by atoms with Crippen LogP contribution in [0.3, 0.4) is 0 Å². The molecule has 0 aliphatic carbocycles. The molecule has 0 aliphatic rings. The lowest BCUT2D eigenvalue weighted by atomic mass is 10.3. The van der Waals surface area contributed by atoms with Crippen LogP contribution in [0.25, 0.3) is 0 Å². The molecule has 0 bridgehead atoms. The van der Waals surface area contributed by atoms with E-state index in [1.165, 1.54) is 14.2 Å². The van der Waals surface area contributed by atoms with Gasteiger partial charge in [0.2, 0.25) is 5.76 Å². The van der Waals surface area contributed by atoms with Crippen molar-refractivity contribution in [3.8, 4) is 0 Å². The van der Waals surface area contributed by atoms with Crippen molar-refractivity contribution in [2.45, 2.75) is 13.0 Å². The van der Waals surface area contributed by atoms with Crippen molar-refractivity contribution in [2.75, 3.05) is 28.4 Å². The van der Waals surface area contributed by atoms with Crippen LogP contribution in [0.2, 0.25) is 0 Å². The molecule has 0 rings (SSSR count). The average Bonchev–Trinajstić information content (AvgIpc) is 2.12. The normalized spacial score (nSPS) is 11.8. The Labute approximate surface area is 73.1 Å². The van der Waals surface area contributed by atoms with Crippen molar-refractivity contribution in [2.24, 2.45) is 0 Å². The van der Waals surface area contributed by atoms with Crippen LogP contribution >= 0.6 is 0 Å². The topological polar surface area (TPSA) is 36.9 Å². The van der Waals surface area contributed by atoms with E-state index >= 15 is 0 Å². The first kappa shape index (κ1) is 11.1. The van der Waals surface area contributed by atoms with E-state index in [-0.39, 0.29) is 6.10 Å². The van der Waals surface area contributed by atoms with Gasteiger partial charge in [-0.1, -0.05) is 0 Å². The van der Waals surface area contributed by atoms with Gasteiger partial charge < -0.3 is 18.9 Å². The minimum atomic E-state index is -0.176. The Kier molecular flexibility index (Phi) is 5.28. The first-order valence-electron chi connectivity index (χ1n) is 3.60. The standard InChI is InChI=1S/C8H16O4/c1-6(9-2)7(10-3)8(11-4)12-5/h6H,1-5H3. The molecule has 12 heavy (non-hydrogen) atoms. The van der Waals surface area contributed by atoms with Crippen LogP contribution in [0.4, 0.5) is 0 Å². The van der Waals surface area contributed by atoms with Crippen molar-refractivity contribution in [3.63, 3.8) is 0 Å². The molecule has 0 saturated carbocycles. The molecular formula is C8H16O4. The first-order chi connectivity index (χ1) is 5.71. The van der Waals surface area contributed by atoms with Gasteiger partial charge in [-0.2, -0.15) is 0 Å². The third-order valence-electron chi connectivity index (χ3n) is 1.51. The summed E-state index contributed by atoms with van der Waals surface area (Å²) >= 11 is 0. The highest BCUT2D eigenvalue weighted by Gasteiger charge is 2.16. The van der Waals surface area contributed by atoms with Crippen LogP contribution < -0.4 is 0 Å². The molecule has 0 radical (unpaired) electrons. The van der Waals surface area contributed by atoms with E-state index in [2.05, 4.69) is 0 Å². The number of ether oxygens (including phenoxy) is 4. The van der Waals surface area contributed by atoms with Gasteiger partial charge in [-0.25, -0.2) is 0 Å². The molecule has 0 aromatic carbocycles. The van der Waals surface area contributed by atoms with Crippen LogP contribution in [0.5, 0.6) is 0 Å². The van der Waals surface area contributed by atoms with Crippen molar-refractivity contribution >= 4 is 0 Å². The fraction of sp³-hybridized carbons (Fsp3) is 0.750. The first-order valence-corrected chi connectivity index (χ1v) is 3.60. The maximum absolute atomic E-state index is 5.05. The van der Waals surface area contributed by atoms with Crippen LogP contribution in [-0.4, -0.2) is 34.5 Å². The smallest absolute Gasteiger partial charge is 0.321 e. The highest BCUT2D eigenvalue weighted by molar-refractivity contribution is 5.00. The summed E-state index contributed by atoms with van der Waals surface area (Å²) < 4.78 is 20.0. The predicted octanol–water partition coefficient (Wildman–Crippen LogP) is 1.13. The van der Waals surface area contributed by atoms with E-state index in [1.807, 2.05) is 6.92 Å². The van der Waals surface area contributed by atoms with Gasteiger partial charge >= 0.3 is 5.95 Å². The monoisotopic (exact) mass is 176 g/mol. The van der Waals surface area contributed by atoms with E-state index < -0.39 is 0 Å². The molecule has 0 saturated heterocycles. The van der Waals surface area contributed by atoms with Crippen molar-refractivity contribution in [3.05, 3.63) is 11.7 Å². The zero-order valence-corrected chi connectivity index (χ0v) is 8.21. The summed E-state index contributed by atoms with van der Waals surface area (Å²) in [5.74, 6) is 0.884. The average molecular weight is 176 g/mol. The number of methoxy groups -OCH3 is 4. The molecule has 1 unspecified atom stereocenters. The maximum Gasteiger partial charge on any atom is 0.321 e. The second-order valence-electron chi connectivity index (χ2n) is 2.14. The number of rotatable bonds is 5. The Morgan fingerprint density at radius 3 is 1.67 bits per heavy atom. The van der Waals surface area contributed by atoms with Gasteiger partial charge in [0.1, 0.15) is 6.10 Å². The largest absolute Gasteiger partial charge is 0.492 e. The molecule has 1 atom stereocenters. The second-order valence-corrected chi connectivity index (χ2v) is 2.14. The van der Waals surface area contributed by atoms with Gasteiger partial charge in [0.15, 0.2) is 0 Å². The third kappa shape index (κ3) is 2.62. The maximum atomic E-state index is 5.05. The Morgan fingerprint density at radius 1 is 0.917 bits per heavy atom. The number of hydrogen-bond donors (Lipinski definition) is 0. The summed E-state index contributed by atoms with van der Waals surface area (Å²) in [5, 5.41) is 0. The van der Waals surface area contributed by atoms with Gasteiger partial charge in [-0.15, -0.1) is 0 Å². The summed E-state index contributed by atoms with van der Waals surface area (Å²) in [6.07, 6.45) is -0.176. The lowest BCUT2D eigenvalue weighted by Crippen LogP contribution is -2.14. The molecule has 0 heterocycles. The van der Waals surface area contributed by atoms with Crippen LogP contribution in [-0.2, 0) is 18.9 Å². The summed E-state index contributed by atoms with van der Waals surface area (Å²) in [7, 11) is 6.16. The highest BCUT2D eigenvalue weighted by atomic mass is 16.7. The summed E-state index contributed by atoms with van der Waals surface area (Å²) in [6.45, 7) is 1.84. The second kappa shape index (κ2) is 5.71. The Balaban J connectivity index is 4.56. The Hall–Kier alpha value is -0.900. The minimum absolute atomic E-state index is 0.176. The molecule has 0 aromatic heterocycles. The van der Waals surface area contributed by atoms with Gasteiger partial charge in [-0.05, 0) is 6.92 Å². The van der Waals surface area contributed by atoms with E-state index in [9.17, 15) is 0 Å². The fourth-order valence-electron chi connectivity index (χ4n) is 0.807. The van der Waals surface area contributed by atoms with Crippen LogP contribution in [0, 0.1) is 0 Å². The molecule has 0 N–H and O–H groups in total. The molecule has 4 nitrogen and oxygen atoms in total. The zero-order valence-electron chi connectivity index (χ0n) is 8.21. The third-order valence-corrected chi connectivity index (χ3v) is 1.51. The molecule has 0 fully saturated rings. The van der Waals surface area contributed by atoms with E-state index in [0.717, 1.165) is 0 Å². The zero-order chi connectivity index (χ0) is 9.56. The predicted molar refractivity (Wildman–Crippen MR) is 44.5 cm³/mol. The number of hydrogen-bond acceptors (Lipinski definition) is 4. The molecule has 0 amide bonds. The molecule has 0 aliphatic heterocycles.